The van der Waals surface area contributed by atoms with Gasteiger partial charge in [-0.15, -0.1) is 0 Å². The summed E-state index contributed by atoms with van der Waals surface area (Å²) in [7, 11) is 0. The van der Waals surface area contributed by atoms with Crippen molar-refractivity contribution in [2.24, 2.45) is 11.7 Å². The van der Waals surface area contributed by atoms with Gasteiger partial charge in [0.15, 0.2) is 0 Å². The van der Waals surface area contributed by atoms with Crippen molar-refractivity contribution in [3.05, 3.63) is 29.6 Å². The minimum absolute atomic E-state index is 0.0298. The van der Waals surface area contributed by atoms with Crippen LogP contribution in [0.25, 0.3) is 0 Å². The van der Waals surface area contributed by atoms with Crippen molar-refractivity contribution in [2.45, 2.75) is 12.8 Å². The maximum atomic E-state index is 13.5. The van der Waals surface area contributed by atoms with Gasteiger partial charge in [0.2, 0.25) is 5.91 Å². The first kappa shape index (κ1) is 12.4. The fourth-order valence-corrected chi connectivity index (χ4v) is 2.24. The molecule has 18 heavy (non-hydrogen) atoms. The van der Waals surface area contributed by atoms with E-state index in [0.29, 0.717) is 12.2 Å². The third kappa shape index (κ3) is 2.43. The number of anilines is 1. The first-order valence-electron chi connectivity index (χ1n) is 5.85. The molecule has 0 aliphatic carbocycles. The third-order valence-electron chi connectivity index (χ3n) is 3.26. The maximum Gasteiger partial charge on any atom is 0.222 e. The van der Waals surface area contributed by atoms with Crippen molar-refractivity contribution in [1.29, 1.82) is 5.26 Å². The Kier molecular flexibility index (Phi) is 3.47. The lowest BCUT2D eigenvalue weighted by Gasteiger charge is -2.33. The van der Waals surface area contributed by atoms with Gasteiger partial charge in [-0.3, -0.25) is 4.79 Å². The van der Waals surface area contributed by atoms with E-state index in [2.05, 4.69) is 0 Å². The van der Waals surface area contributed by atoms with Gasteiger partial charge in [0.05, 0.1) is 11.5 Å². The summed E-state index contributed by atoms with van der Waals surface area (Å²) in [5, 5.41) is 8.67. The molecular weight excluding hydrogens is 233 g/mol. The van der Waals surface area contributed by atoms with Crippen LogP contribution in [0, 0.1) is 23.1 Å². The predicted octanol–water partition coefficient (Wildman–Crippen LogP) is 1.40. The fraction of sp³-hybridized carbons (Fsp3) is 0.385. The largest absolute Gasteiger partial charge is 0.371 e. The molecule has 0 aromatic heterocycles. The highest BCUT2D eigenvalue weighted by molar-refractivity contribution is 5.77. The molecule has 2 N–H and O–H groups in total. The number of benzene rings is 1. The summed E-state index contributed by atoms with van der Waals surface area (Å²) in [5.74, 6) is -1.03. The van der Waals surface area contributed by atoms with E-state index >= 15 is 0 Å². The summed E-state index contributed by atoms with van der Waals surface area (Å²) in [6.45, 7) is 1.29. The zero-order chi connectivity index (χ0) is 13.1. The number of piperidine rings is 1. The molecule has 1 amide bonds. The van der Waals surface area contributed by atoms with Crippen LogP contribution < -0.4 is 10.6 Å². The number of carbonyl (C=O) groups excluding carboxylic acids is 1. The van der Waals surface area contributed by atoms with Crippen molar-refractivity contribution in [3.8, 4) is 6.07 Å². The molecule has 4 nitrogen and oxygen atoms in total. The van der Waals surface area contributed by atoms with E-state index < -0.39 is 5.82 Å². The first-order chi connectivity index (χ1) is 8.61. The summed E-state index contributed by atoms with van der Waals surface area (Å²) in [5.41, 5.74) is 6.02. The molecular formula is C13H14FN3O. The van der Waals surface area contributed by atoms with Crippen molar-refractivity contribution >= 4 is 11.6 Å². The van der Waals surface area contributed by atoms with Crippen molar-refractivity contribution in [2.75, 3.05) is 18.0 Å². The number of carbonyl (C=O) groups is 1. The van der Waals surface area contributed by atoms with Gasteiger partial charge in [0, 0.05) is 18.8 Å². The second-order valence-electron chi connectivity index (χ2n) is 4.46. The van der Waals surface area contributed by atoms with Crippen molar-refractivity contribution in [1.82, 2.24) is 0 Å². The van der Waals surface area contributed by atoms with Crippen molar-refractivity contribution in [3.63, 3.8) is 0 Å². The highest BCUT2D eigenvalue weighted by Crippen LogP contribution is 2.24. The van der Waals surface area contributed by atoms with Crippen LogP contribution >= 0.6 is 0 Å². The zero-order valence-corrected chi connectivity index (χ0v) is 9.90. The van der Waals surface area contributed by atoms with Crippen LogP contribution in [0.5, 0.6) is 0 Å². The molecule has 0 radical (unpaired) electrons. The molecule has 1 fully saturated rings. The van der Waals surface area contributed by atoms with E-state index in [0.717, 1.165) is 19.4 Å². The van der Waals surface area contributed by atoms with Gasteiger partial charge < -0.3 is 10.6 Å². The summed E-state index contributed by atoms with van der Waals surface area (Å²) < 4.78 is 13.5. The fourth-order valence-electron chi connectivity index (χ4n) is 2.24. The lowest BCUT2D eigenvalue weighted by atomic mass is 9.97. The molecule has 1 aliphatic rings. The van der Waals surface area contributed by atoms with E-state index in [4.69, 9.17) is 11.0 Å². The number of hydrogen-bond acceptors (Lipinski definition) is 3. The maximum absolute atomic E-state index is 13.5. The van der Waals surface area contributed by atoms with E-state index in [1.807, 2.05) is 4.90 Å². The van der Waals surface area contributed by atoms with Crippen LogP contribution in [0.15, 0.2) is 18.2 Å². The molecule has 0 spiro atoms. The molecule has 1 aliphatic heterocycles. The van der Waals surface area contributed by atoms with E-state index in [9.17, 15) is 9.18 Å². The van der Waals surface area contributed by atoms with Crippen LogP contribution in [-0.2, 0) is 4.79 Å². The van der Waals surface area contributed by atoms with E-state index in [1.165, 1.54) is 12.1 Å². The van der Waals surface area contributed by atoms with Gasteiger partial charge in [-0.05, 0) is 31.0 Å². The second-order valence-corrected chi connectivity index (χ2v) is 4.46. The van der Waals surface area contributed by atoms with Crippen LogP contribution in [0.3, 0.4) is 0 Å². The highest BCUT2D eigenvalue weighted by atomic mass is 19.1. The van der Waals surface area contributed by atoms with E-state index in [1.54, 1.807) is 12.1 Å². The lowest BCUT2D eigenvalue weighted by molar-refractivity contribution is -0.122. The van der Waals surface area contributed by atoms with Gasteiger partial charge >= 0.3 is 0 Å². The lowest BCUT2D eigenvalue weighted by Crippen LogP contribution is -2.41. The third-order valence-corrected chi connectivity index (χ3v) is 3.26. The average Bonchev–Trinajstić information content (AvgIpc) is 2.38. The predicted molar refractivity (Wildman–Crippen MR) is 65.2 cm³/mol. The second kappa shape index (κ2) is 5.05. The number of primary amides is 1. The van der Waals surface area contributed by atoms with Crippen LogP contribution in [0.1, 0.15) is 18.4 Å². The summed E-state index contributed by atoms with van der Waals surface area (Å²) in [4.78, 5) is 13.1. The van der Waals surface area contributed by atoms with Crippen LogP contribution in [0.2, 0.25) is 0 Å². The summed E-state index contributed by atoms with van der Waals surface area (Å²) >= 11 is 0. The molecule has 1 aromatic rings. The molecule has 0 saturated carbocycles. The molecule has 94 valence electrons. The Morgan fingerprint density at radius 1 is 1.56 bits per heavy atom. The normalized spacial score (nSPS) is 19.3. The molecule has 2 rings (SSSR count). The number of nitrogens with two attached hydrogens (primary N) is 1. The zero-order valence-electron chi connectivity index (χ0n) is 9.90. The number of amides is 1. The number of nitrogens with zero attached hydrogens (tertiary/aromatic N) is 2. The minimum Gasteiger partial charge on any atom is -0.371 e. The molecule has 1 saturated heterocycles. The molecule has 1 aromatic carbocycles. The van der Waals surface area contributed by atoms with Gasteiger partial charge in [-0.2, -0.15) is 5.26 Å². The Morgan fingerprint density at radius 3 is 2.94 bits per heavy atom. The van der Waals surface area contributed by atoms with E-state index in [-0.39, 0.29) is 17.4 Å². The molecule has 1 atom stereocenters. The Balaban J connectivity index is 2.19. The Morgan fingerprint density at radius 2 is 2.33 bits per heavy atom. The SMILES string of the molecule is N#Cc1ccc(N2CCCC(C(N)=O)C2)cc1F. The Bertz CT molecular complexity index is 509. The van der Waals surface area contributed by atoms with Gasteiger partial charge in [0.25, 0.3) is 0 Å². The standard InChI is InChI=1S/C13H14FN3O/c14-12-6-11(4-3-9(12)7-15)17-5-1-2-10(8-17)13(16)18/h3-4,6,10H,1-2,5,8H2,(H2,16,18). The smallest absolute Gasteiger partial charge is 0.222 e. The number of nitriles is 1. The van der Waals surface area contributed by atoms with Gasteiger partial charge in [-0.25, -0.2) is 4.39 Å². The first-order valence-corrected chi connectivity index (χ1v) is 5.85. The molecule has 1 unspecified atom stereocenters. The highest BCUT2D eigenvalue weighted by Gasteiger charge is 2.24. The quantitative estimate of drug-likeness (QED) is 0.858. The number of rotatable bonds is 2. The van der Waals surface area contributed by atoms with Crippen molar-refractivity contribution < 1.29 is 9.18 Å². The summed E-state index contributed by atoms with van der Waals surface area (Å²) in [6.07, 6.45) is 1.64. The Hall–Kier alpha value is -2.09. The van der Waals surface area contributed by atoms with Gasteiger partial charge in [0.1, 0.15) is 11.9 Å². The topological polar surface area (TPSA) is 70.1 Å². The molecule has 5 heteroatoms. The molecule has 1 heterocycles. The average molecular weight is 247 g/mol. The van der Waals surface area contributed by atoms with Crippen LogP contribution in [-0.4, -0.2) is 19.0 Å². The van der Waals surface area contributed by atoms with Gasteiger partial charge in [-0.1, -0.05) is 0 Å². The summed E-state index contributed by atoms with van der Waals surface area (Å²) in [6, 6.07) is 6.28. The number of hydrogen-bond donors (Lipinski definition) is 1. The number of halogens is 1. The molecule has 0 bridgehead atoms. The van der Waals surface area contributed by atoms with Crippen LogP contribution in [0.4, 0.5) is 10.1 Å². The Labute approximate surface area is 105 Å². The monoisotopic (exact) mass is 247 g/mol. The minimum atomic E-state index is -0.531.